The number of carbonyl (C=O) groups is 2. The molecule has 0 bridgehead atoms. The molecular weight excluding hydrogens is 196 g/mol. The second-order valence-electron chi connectivity index (χ2n) is 3.34. The van der Waals surface area contributed by atoms with Gasteiger partial charge in [0, 0.05) is 6.54 Å². The lowest BCUT2D eigenvalue weighted by molar-refractivity contribution is -0.140. The van der Waals surface area contributed by atoms with Gasteiger partial charge in [0.1, 0.15) is 6.04 Å². The summed E-state index contributed by atoms with van der Waals surface area (Å²) in [6.45, 7) is 7.42. The summed E-state index contributed by atoms with van der Waals surface area (Å²) in [5.41, 5.74) is 0. The van der Waals surface area contributed by atoms with E-state index in [1.807, 2.05) is 6.92 Å². The fourth-order valence-electron chi connectivity index (χ4n) is 1.04. The summed E-state index contributed by atoms with van der Waals surface area (Å²) in [6, 6.07) is -1.33. The largest absolute Gasteiger partial charge is 0.480 e. The van der Waals surface area contributed by atoms with Gasteiger partial charge in [0.05, 0.1) is 0 Å². The van der Waals surface area contributed by atoms with E-state index in [-0.39, 0.29) is 5.92 Å². The average molecular weight is 214 g/mol. The molecule has 0 radical (unpaired) electrons. The number of carbonyl (C=O) groups excluding carboxylic acids is 1. The minimum Gasteiger partial charge on any atom is -0.480 e. The van der Waals surface area contributed by atoms with Gasteiger partial charge >= 0.3 is 12.0 Å². The summed E-state index contributed by atoms with van der Waals surface area (Å²) in [5, 5.41) is 13.8. The van der Waals surface area contributed by atoms with Gasteiger partial charge in [0.15, 0.2) is 0 Å². The third-order valence-corrected chi connectivity index (χ3v) is 2.17. The molecule has 5 heteroatoms. The Morgan fingerprint density at radius 3 is 2.53 bits per heavy atom. The minimum atomic E-state index is -1.02. The Bertz CT molecular complexity index is 241. The summed E-state index contributed by atoms with van der Waals surface area (Å²) in [6.07, 6.45) is 2.22. The van der Waals surface area contributed by atoms with Crippen LogP contribution in [0.3, 0.4) is 0 Å². The van der Waals surface area contributed by atoms with Crippen molar-refractivity contribution in [2.45, 2.75) is 26.3 Å². The lowest BCUT2D eigenvalue weighted by atomic mass is 9.99. The Labute approximate surface area is 89.6 Å². The molecule has 0 fully saturated rings. The van der Waals surface area contributed by atoms with E-state index < -0.39 is 18.0 Å². The summed E-state index contributed by atoms with van der Waals surface area (Å²) in [5.74, 6) is -1.12. The number of hydrogen-bond donors (Lipinski definition) is 3. The van der Waals surface area contributed by atoms with Crippen molar-refractivity contribution in [1.82, 2.24) is 10.6 Å². The van der Waals surface area contributed by atoms with Crippen LogP contribution in [0.25, 0.3) is 0 Å². The van der Waals surface area contributed by atoms with Crippen molar-refractivity contribution in [3.05, 3.63) is 12.7 Å². The number of urea groups is 1. The van der Waals surface area contributed by atoms with Crippen molar-refractivity contribution >= 4 is 12.0 Å². The Morgan fingerprint density at radius 2 is 2.13 bits per heavy atom. The predicted octanol–water partition coefficient (Wildman–Crippen LogP) is 0.971. The van der Waals surface area contributed by atoms with Crippen LogP contribution in [0.1, 0.15) is 20.3 Å². The zero-order chi connectivity index (χ0) is 11.8. The summed E-state index contributed by atoms with van der Waals surface area (Å²) in [4.78, 5) is 22.1. The van der Waals surface area contributed by atoms with Crippen molar-refractivity contribution < 1.29 is 14.7 Å². The van der Waals surface area contributed by atoms with E-state index >= 15 is 0 Å². The molecule has 15 heavy (non-hydrogen) atoms. The molecule has 0 aromatic rings. The lowest BCUT2D eigenvalue weighted by Gasteiger charge is -2.20. The minimum absolute atomic E-state index is 0.100. The zero-order valence-corrected chi connectivity index (χ0v) is 9.12. The monoisotopic (exact) mass is 214 g/mol. The highest BCUT2D eigenvalue weighted by molar-refractivity contribution is 5.82. The first-order valence-electron chi connectivity index (χ1n) is 4.91. The normalized spacial score (nSPS) is 13.7. The van der Waals surface area contributed by atoms with Crippen LogP contribution in [0.4, 0.5) is 4.79 Å². The fraction of sp³-hybridized carbons (Fsp3) is 0.600. The van der Waals surface area contributed by atoms with Crippen LogP contribution >= 0.6 is 0 Å². The van der Waals surface area contributed by atoms with Crippen LogP contribution < -0.4 is 10.6 Å². The molecule has 2 amide bonds. The van der Waals surface area contributed by atoms with E-state index in [2.05, 4.69) is 17.2 Å². The summed E-state index contributed by atoms with van der Waals surface area (Å²) in [7, 11) is 0. The molecule has 0 aliphatic heterocycles. The first kappa shape index (κ1) is 13.5. The third-order valence-electron chi connectivity index (χ3n) is 2.17. The van der Waals surface area contributed by atoms with Gasteiger partial charge in [-0.25, -0.2) is 9.59 Å². The highest BCUT2D eigenvalue weighted by Gasteiger charge is 2.24. The Morgan fingerprint density at radius 1 is 1.53 bits per heavy atom. The maximum atomic E-state index is 11.2. The molecule has 0 rings (SSSR count). The molecule has 0 saturated carbocycles. The van der Waals surface area contributed by atoms with Crippen LogP contribution in [0.5, 0.6) is 0 Å². The highest BCUT2D eigenvalue weighted by Crippen LogP contribution is 2.07. The van der Waals surface area contributed by atoms with E-state index in [4.69, 9.17) is 5.11 Å². The highest BCUT2D eigenvalue weighted by atomic mass is 16.4. The number of rotatable bonds is 6. The molecule has 2 atom stereocenters. The van der Waals surface area contributed by atoms with Gasteiger partial charge < -0.3 is 15.7 Å². The molecule has 86 valence electrons. The molecule has 0 spiro atoms. The van der Waals surface area contributed by atoms with Gasteiger partial charge in [-0.05, 0) is 5.92 Å². The number of hydrogen-bond acceptors (Lipinski definition) is 2. The molecular formula is C10H18N2O3. The fourth-order valence-corrected chi connectivity index (χ4v) is 1.04. The van der Waals surface area contributed by atoms with Crippen molar-refractivity contribution in [3.63, 3.8) is 0 Å². The average Bonchev–Trinajstić information content (AvgIpc) is 2.21. The van der Waals surface area contributed by atoms with E-state index in [1.165, 1.54) is 6.08 Å². The number of aliphatic carboxylic acids is 1. The molecule has 0 aliphatic rings. The number of carboxylic acid groups (broad SMARTS) is 1. The molecule has 0 heterocycles. The van der Waals surface area contributed by atoms with E-state index in [0.29, 0.717) is 13.0 Å². The first-order valence-corrected chi connectivity index (χ1v) is 4.91. The third kappa shape index (κ3) is 5.05. The van der Waals surface area contributed by atoms with E-state index in [1.54, 1.807) is 6.92 Å². The molecule has 5 nitrogen and oxygen atoms in total. The maximum absolute atomic E-state index is 11.2. The molecule has 1 unspecified atom stereocenters. The summed E-state index contributed by atoms with van der Waals surface area (Å²) >= 11 is 0. The smallest absolute Gasteiger partial charge is 0.326 e. The second-order valence-corrected chi connectivity index (χ2v) is 3.34. The van der Waals surface area contributed by atoms with Crippen LogP contribution in [-0.2, 0) is 4.79 Å². The van der Waals surface area contributed by atoms with Crippen LogP contribution in [-0.4, -0.2) is 29.7 Å². The molecule has 0 saturated heterocycles. The molecule has 0 aromatic carbocycles. The van der Waals surface area contributed by atoms with Gasteiger partial charge in [-0.3, -0.25) is 0 Å². The van der Waals surface area contributed by atoms with E-state index in [0.717, 1.165) is 0 Å². The van der Waals surface area contributed by atoms with Gasteiger partial charge in [-0.2, -0.15) is 0 Å². The number of amides is 2. The predicted molar refractivity (Wildman–Crippen MR) is 57.6 cm³/mol. The van der Waals surface area contributed by atoms with Crippen molar-refractivity contribution in [3.8, 4) is 0 Å². The quantitative estimate of drug-likeness (QED) is 0.576. The van der Waals surface area contributed by atoms with Crippen molar-refractivity contribution in [2.75, 3.05) is 6.54 Å². The summed E-state index contributed by atoms with van der Waals surface area (Å²) < 4.78 is 0. The first-order chi connectivity index (χ1) is 7.02. The molecule has 3 N–H and O–H groups in total. The zero-order valence-electron chi connectivity index (χ0n) is 9.12. The Kier molecular flexibility index (Phi) is 6.17. The van der Waals surface area contributed by atoms with Gasteiger partial charge in [0.2, 0.25) is 0 Å². The van der Waals surface area contributed by atoms with Crippen molar-refractivity contribution in [2.24, 2.45) is 5.92 Å². The van der Waals surface area contributed by atoms with Gasteiger partial charge in [-0.1, -0.05) is 26.3 Å². The van der Waals surface area contributed by atoms with Crippen LogP contribution in [0.15, 0.2) is 12.7 Å². The topological polar surface area (TPSA) is 78.4 Å². The van der Waals surface area contributed by atoms with Crippen molar-refractivity contribution in [1.29, 1.82) is 0 Å². The lowest BCUT2D eigenvalue weighted by Crippen LogP contribution is -2.49. The van der Waals surface area contributed by atoms with E-state index in [9.17, 15) is 9.59 Å². The Hall–Kier alpha value is -1.52. The number of carboxylic acids is 1. The van der Waals surface area contributed by atoms with Gasteiger partial charge in [-0.15, -0.1) is 6.58 Å². The van der Waals surface area contributed by atoms with Crippen LogP contribution in [0.2, 0.25) is 0 Å². The molecule has 0 aliphatic carbocycles. The standard InChI is InChI=1S/C10H18N2O3/c1-4-6-11-10(15)12-8(9(13)14)7(3)5-2/h4,7-8H,1,5-6H2,2-3H3,(H,13,14)(H2,11,12,15)/t7?,8-/m1/s1. The van der Waals surface area contributed by atoms with Gasteiger partial charge in [0.25, 0.3) is 0 Å². The number of nitrogens with one attached hydrogen (secondary N) is 2. The molecule has 0 aromatic heterocycles. The van der Waals surface area contributed by atoms with Crippen LogP contribution in [0, 0.1) is 5.92 Å². The second kappa shape index (κ2) is 6.86. The maximum Gasteiger partial charge on any atom is 0.326 e. The SMILES string of the molecule is C=CCNC(=O)N[C@@H](C(=O)O)C(C)CC. The Balaban J connectivity index is 4.22.